The van der Waals surface area contributed by atoms with Crippen LogP contribution < -0.4 is 4.90 Å². The lowest BCUT2D eigenvalue weighted by Crippen LogP contribution is -2.59. The number of para-hydroxylation sites is 1. The number of hydrogen-bond acceptors (Lipinski definition) is 2. The Balaban J connectivity index is 1.62. The van der Waals surface area contributed by atoms with Crippen molar-refractivity contribution in [2.75, 3.05) is 18.0 Å². The summed E-state index contributed by atoms with van der Waals surface area (Å²) in [6.07, 6.45) is 0. The van der Waals surface area contributed by atoms with Crippen LogP contribution in [0.3, 0.4) is 0 Å². The normalized spacial score (nSPS) is 20.4. The average molecular weight is 344 g/mol. The van der Waals surface area contributed by atoms with E-state index in [9.17, 15) is 4.79 Å². The van der Waals surface area contributed by atoms with Crippen molar-refractivity contribution in [1.82, 2.24) is 4.90 Å². The highest BCUT2D eigenvalue weighted by Gasteiger charge is 2.34. The highest BCUT2D eigenvalue weighted by molar-refractivity contribution is 6.07. The third kappa shape index (κ3) is 2.84. The summed E-state index contributed by atoms with van der Waals surface area (Å²) in [7, 11) is 0. The standard InChI is InChI=1S/C23H24N2O/c1-17-18(2)25(16-15-24(17)20-11-4-3-5-12-20)23(26)22-14-8-10-19-9-6-7-13-21(19)22/h3-14,17-18H,15-16H2,1-2H3/t17-,18-/m0/s1. The van der Waals surface area contributed by atoms with E-state index in [1.54, 1.807) is 0 Å². The van der Waals surface area contributed by atoms with E-state index in [-0.39, 0.29) is 18.0 Å². The van der Waals surface area contributed by atoms with Gasteiger partial charge in [0.2, 0.25) is 0 Å². The second-order valence-corrected chi connectivity index (χ2v) is 7.04. The summed E-state index contributed by atoms with van der Waals surface area (Å²) in [5.74, 6) is 0.133. The number of rotatable bonds is 2. The molecule has 0 saturated carbocycles. The van der Waals surface area contributed by atoms with Crippen molar-refractivity contribution in [3.8, 4) is 0 Å². The van der Waals surface area contributed by atoms with Gasteiger partial charge in [0.1, 0.15) is 0 Å². The Kier molecular flexibility index (Phi) is 4.37. The van der Waals surface area contributed by atoms with Crippen molar-refractivity contribution >= 4 is 22.4 Å². The maximum atomic E-state index is 13.3. The van der Waals surface area contributed by atoms with Gasteiger partial charge in [0.05, 0.1) is 0 Å². The van der Waals surface area contributed by atoms with Crippen LogP contribution in [0.4, 0.5) is 5.69 Å². The summed E-state index contributed by atoms with van der Waals surface area (Å²) in [5.41, 5.74) is 2.03. The molecule has 3 nitrogen and oxygen atoms in total. The van der Waals surface area contributed by atoms with E-state index in [4.69, 9.17) is 0 Å². The van der Waals surface area contributed by atoms with Crippen LogP contribution in [0, 0.1) is 0 Å². The fraction of sp³-hybridized carbons (Fsp3) is 0.261. The highest BCUT2D eigenvalue weighted by atomic mass is 16.2. The van der Waals surface area contributed by atoms with Crippen LogP contribution in [-0.4, -0.2) is 36.0 Å². The minimum atomic E-state index is 0.133. The molecule has 0 spiro atoms. The predicted octanol–water partition coefficient (Wildman–Crippen LogP) is 4.58. The number of benzene rings is 3. The lowest BCUT2D eigenvalue weighted by molar-refractivity contribution is 0.0636. The minimum Gasteiger partial charge on any atom is -0.365 e. The summed E-state index contributed by atoms with van der Waals surface area (Å²) >= 11 is 0. The van der Waals surface area contributed by atoms with Crippen molar-refractivity contribution in [1.29, 1.82) is 0 Å². The maximum Gasteiger partial charge on any atom is 0.254 e. The van der Waals surface area contributed by atoms with E-state index in [0.717, 1.165) is 29.4 Å². The topological polar surface area (TPSA) is 23.6 Å². The Bertz CT molecular complexity index is 916. The van der Waals surface area contributed by atoms with Gasteiger partial charge in [-0.3, -0.25) is 4.79 Å². The van der Waals surface area contributed by atoms with Crippen LogP contribution in [0.1, 0.15) is 24.2 Å². The summed E-state index contributed by atoms with van der Waals surface area (Å²) in [6, 6.07) is 25.0. The largest absolute Gasteiger partial charge is 0.365 e. The second-order valence-electron chi connectivity index (χ2n) is 7.04. The van der Waals surface area contributed by atoms with Crippen LogP contribution in [-0.2, 0) is 0 Å². The Labute approximate surface area is 154 Å². The van der Waals surface area contributed by atoms with Crippen molar-refractivity contribution in [2.24, 2.45) is 0 Å². The molecule has 0 unspecified atom stereocenters. The van der Waals surface area contributed by atoms with Gasteiger partial charge in [0.25, 0.3) is 5.91 Å². The highest BCUT2D eigenvalue weighted by Crippen LogP contribution is 2.27. The molecular weight excluding hydrogens is 320 g/mol. The lowest BCUT2D eigenvalue weighted by Gasteiger charge is -2.46. The molecule has 0 aromatic heterocycles. The molecule has 1 aliphatic heterocycles. The third-order valence-corrected chi connectivity index (χ3v) is 5.63. The zero-order valence-electron chi connectivity index (χ0n) is 15.3. The third-order valence-electron chi connectivity index (χ3n) is 5.63. The van der Waals surface area contributed by atoms with Crippen molar-refractivity contribution < 1.29 is 4.79 Å². The number of carbonyl (C=O) groups excluding carboxylic acids is 1. The molecule has 1 aliphatic rings. The molecule has 1 saturated heterocycles. The van der Waals surface area contributed by atoms with Gasteiger partial charge in [-0.25, -0.2) is 0 Å². The quantitative estimate of drug-likeness (QED) is 0.679. The second kappa shape index (κ2) is 6.83. The fourth-order valence-electron chi connectivity index (χ4n) is 3.98. The average Bonchev–Trinajstić information content (AvgIpc) is 2.70. The Morgan fingerprint density at radius 1 is 0.808 bits per heavy atom. The van der Waals surface area contributed by atoms with Gasteiger partial charge < -0.3 is 9.80 Å². The van der Waals surface area contributed by atoms with Gasteiger partial charge in [-0.05, 0) is 42.8 Å². The van der Waals surface area contributed by atoms with Crippen LogP contribution in [0.2, 0.25) is 0 Å². The molecule has 0 radical (unpaired) electrons. The molecule has 2 atom stereocenters. The summed E-state index contributed by atoms with van der Waals surface area (Å²) in [6.45, 7) is 5.96. The zero-order chi connectivity index (χ0) is 18.1. The molecule has 1 amide bonds. The first-order chi connectivity index (χ1) is 12.7. The summed E-state index contributed by atoms with van der Waals surface area (Å²) < 4.78 is 0. The predicted molar refractivity (Wildman–Crippen MR) is 108 cm³/mol. The van der Waals surface area contributed by atoms with Gasteiger partial charge in [-0.15, -0.1) is 0 Å². The number of hydrogen-bond donors (Lipinski definition) is 0. The number of nitrogens with zero attached hydrogens (tertiary/aromatic N) is 2. The molecule has 4 rings (SSSR count). The molecule has 132 valence electrons. The first-order valence-electron chi connectivity index (χ1n) is 9.27. The number of carbonyl (C=O) groups is 1. The SMILES string of the molecule is C[C@H]1[C@H](C)N(c2ccccc2)CCN1C(=O)c1cccc2ccccc12. The Morgan fingerprint density at radius 3 is 2.31 bits per heavy atom. The van der Waals surface area contributed by atoms with Gasteiger partial charge in [0.15, 0.2) is 0 Å². The van der Waals surface area contributed by atoms with Crippen molar-refractivity contribution in [3.63, 3.8) is 0 Å². The van der Waals surface area contributed by atoms with Crippen LogP contribution in [0.25, 0.3) is 10.8 Å². The van der Waals surface area contributed by atoms with E-state index in [1.165, 1.54) is 5.69 Å². The van der Waals surface area contributed by atoms with Crippen molar-refractivity contribution in [3.05, 3.63) is 78.4 Å². The molecular formula is C23H24N2O. The van der Waals surface area contributed by atoms with E-state index >= 15 is 0 Å². The van der Waals surface area contributed by atoms with Crippen LogP contribution in [0.15, 0.2) is 72.8 Å². The van der Waals surface area contributed by atoms with E-state index in [0.29, 0.717) is 0 Å². The molecule has 3 aromatic carbocycles. The van der Waals surface area contributed by atoms with E-state index in [1.807, 2.05) is 41.3 Å². The van der Waals surface area contributed by atoms with Gasteiger partial charge in [-0.1, -0.05) is 54.6 Å². The summed E-state index contributed by atoms with van der Waals surface area (Å²) in [4.78, 5) is 17.8. The number of amides is 1. The zero-order valence-corrected chi connectivity index (χ0v) is 15.3. The number of piperazine rings is 1. The Hall–Kier alpha value is -2.81. The smallest absolute Gasteiger partial charge is 0.254 e. The molecule has 0 aliphatic carbocycles. The van der Waals surface area contributed by atoms with Crippen LogP contribution in [0.5, 0.6) is 0 Å². The lowest BCUT2D eigenvalue weighted by atomic mass is 9.99. The molecule has 1 heterocycles. The van der Waals surface area contributed by atoms with Crippen LogP contribution >= 0.6 is 0 Å². The number of anilines is 1. The van der Waals surface area contributed by atoms with Gasteiger partial charge in [-0.2, -0.15) is 0 Å². The first kappa shape index (κ1) is 16.6. The first-order valence-corrected chi connectivity index (χ1v) is 9.27. The van der Waals surface area contributed by atoms with E-state index < -0.39 is 0 Å². The van der Waals surface area contributed by atoms with Crippen molar-refractivity contribution in [2.45, 2.75) is 25.9 Å². The van der Waals surface area contributed by atoms with Gasteiger partial charge in [0, 0.05) is 36.4 Å². The fourth-order valence-corrected chi connectivity index (χ4v) is 3.98. The molecule has 26 heavy (non-hydrogen) atoms. The molecule has 1 fully saturated rings. The number of fused-ring (bicyclic) bond motifs is 1. The molecule has 3 heteroatoms. The molecule has 0 bridgehead atoms. The maximum absolute atomic E-state index is 13.3. The Morgan fingerprint density at radius 2 is 1.50 bits per heavy atom. The van der Waals surface area contributed by atoms with Gasteiger partial charge >= 0.3 is 0 Å². The molecule has 0 N–H and O–H groups in total. The summed E-state index contributed by atoms with van der Waals surface area (Å²) in [5, 5.41) is 2.15. The van der Waals surface area contributed by atoms with E-state index in [2.05, 4.69) is 55.1 Å². The monoisotopic (exact) mass is 344 g/mol. The molecule has 3 aromatic rings. The minimum absolute atomic E-state index is 0.133.